The van der Waals surface area contributed by atoms with Crippen molar-refractivity contribution in [3.63, 3.8) is 0 Å². The highest BCUT2D eigenvalue weighted by molar-refractivity contribution is 5.25. The highest BCUT2D eigenvalue weighted by Crippen LogP contribution is 2.18. The van der Waals surface area contributed by atoms with Crippen LogP contribution in [0.25, 0.3) is 0 Å². The monoisotopic (exact) mass is 407 g/mol. The van der Waals surface area contributed by atoms with Gasteiger partial charge in [0.2, 0.25) is 0 Å². The molecular formula is C26H33NO3. The van der Waals surface area contributed by atoms with Crippen LogP contribution in [0.4, 0.5) is 0 Å². The van der Waals surface area contributed by atoms with Gasteiger partial charge in [-0.1, -0.05) is 72.8 Å². The molecule has 30 heavy (non-hydrogen) atoms. The summed E-state index contributed by atoms with van der Waals surface area (Å²) in [5.74, 6) is 0.243. The number of aliphatic hydroxyl groups is 3. The number of rotatable bonds is 12. The van der Waals surface area contributed by atoms with Crippen molar-refractivity contribution in [2.75, 3.05) is 13.1 Å². The molecule has 0 unspecified atom stereocenters. The van der Waals surface area contributed by atoms with Crippen molar-refractivity contribution in [2.24, 2.45) is 0 Å². The lowest BCUT2D eigenvalue weighted by molar-refractivity contribution is 0.108. The summed E-state index contributed by atoms with van der Waals surface area (Å²) >= 11 is 0. The van der Waals surface area contributed by atoms with Gasteiger partial charge in [-0.25, -0.2) is 0 Å². The van der Waals surface area contributed by atoms with Crippen molar-refractivity contribution in [2.45, 2.75) is 39.0 Å². The van der Waals surface area contributed by atoms with E-state index in [1.54, 1.807) is 18.2 Å². The van der Waals surface area contributed by atoms with Crippen LogP contribution in [-0.4, -0.2) is 33.3 Å². The Morgan fingerprint density at radius 1 is 1.07 bits per heavy atom. The first-order valence-corrected chi connectivity index (χ1v) is 10.4. The first-order valence-electron chi connectivity index (χ1n) is 10.4. The highest BCUT2D eigenvalue weighted by Gasteiger charge is 2.14. The molecule has 3 N–H and O–H groups in total. The summed E-state index contributed by atoms with van der Waals surface area (Å²) < 4.78 is 0. The number of aliphatic hydroxyl groups excluding tert-OH is 3. The third kappa shape index (κ3) is 8.78. The molecule has 0 aliphatic carbocycles. The van der Waals surface area contributed by atoms with Crippen LogP contribution < -0.4 is 0 Å². The van der Waals surface area contributed by atoms with Crippen molar-refractivity contribution in [3.8, 4) is 0 Å². The zero-order valence-electron chi connectivity index (χ0n) is 17.7. The van der Waals surface area contributed by atoms with Crippen LogP contribution in [0, 0.1) is 0 Å². The van der Waals surface area contributed by atoms with Gasteiger partial charge in [0.05, 0.1) is 12.7 Å². The van der Waals surface area contributed by atoms with Crippen LogP contribution in [0.3, 0.4) is 0 Å². The predicted molar refractivity (Wildman–Crippen MR) is 123 cm³/mol. The standard InChI is InChI=1S/C26H33NO3/c1-2-11-25(29)16-8-3-4-9-17-27(19-22-12-6-5-7-13-22)20-26(30)24-15-10-14-23(18-24)21-28/h2-3,5-8,10-16,18,26,28-30H,4,9,17,19-21H2,1H3/b8-3+,11-2-,25-16+/t26-/m0/s1. The summed E-state index contributed by atoms with van der Waals surface area (Å²) in [6, 6.07) is 17.7. The van der Waals surface area contributed by atoms with E-state index in [0.29, 0.717) is 6.54 Å². The molecule has 0 amide bonds. The largest absolute Gasteiger partial charge is 0.508 e. The van der Waals surface area contributed by atoms with Gasteiger partial charge in [-0.3, -0.25) is 4.90 Å². The summed E-state index contributed by atoms with van der Waals surface area (Å²) in [5, 5.41) is 29.7. The molecule has 4 heteroatoms. The Hall–Kier alpha value is -2.66. The van der Waals surface area contributed by atoms with E-state index >= 15 is 0 Å². The van der Waals surface area contributed by atoms with E-state index < -0.39 is 6.10 Å². The average Bonchev–Trinajstić information content (AvgIpc) is 2.77. The van der Waals surface area contributed by atoms with Crippen molar-refractivity contribution < 1.29 is 15.3 Å². The molecule has 0 spiro atoms. The molecule has 0 bridgehead atoms. The third-order valence-corrected chi connectivity index (χ3v) is 4.78. The van der Waals surface area contributed by atoms with E-state index in [0.717, 1.165) is 37.1 Å². The predicted octanol–water partition coefficient (Wildman–Crippen LogP) is 5.07. The fourth-order valence-electron chi connectivity index (χ4n) is 3.25. The maximum absolute atomic E-state index is 10.8. The molecule has 0 aliphatic rings. The molecule has 2 aromatic rings. The van der Waals surface area contributed by atoms with Crippen LogP contribution >= 0.6 is 0 Å². The molecular weight excluding hydrogens is 374 g/mol. The number of allylic oxidation sites excluding steroid dienone is 5. The lowest BCUT2D eigenvalue weighted by Gasteiger charge is -2.25. The molecule has 0 heterocycles. The van der Waals surface area contributed by atoms with E-state index in [4.69, 9.17) is 0 Å². The van der Waals surface area contributed by atoms with Gasteiger partial charge in [0.15, 0.2) is 0 Å². The Bertz CT molecular complexity index is 827. The normalized spacial score (nSPS) is 13.5. The van der Waals surface area contributed by atoms with Gasteiger partial charge in [0, 0.05) is 13.1 Å². The molecule has 0 saturated heterocycles. The lowest BCUT2D eigenvalue weighted by atomic mass is 10.1. The molecule has 0 radical (unpaired) electrons. The Labute approximate surface area is 180 Å². The topological polar surface area (TPSA) is 63.9 Å². The molecule has 0 fully saturated rings. The maximum Gasteiger partial charge on any atom is 0.115 e. The Morgan fingerprint density at radius 3 is 2.57 bits per heavy atom. The van der Waals surface area contributed by atoms with Gasteiger partial charge < -0.3 is 15.3 Å². The van der Waals surface area contributed by atoms with E-state index in [1.807, 2.05) is 61.5 Å². The minimum atomic E-state index is -0.614. The van der Waals surface area contributed by atoms with E-state index in [-0.39, 0.29) is 12.4 Å². The van der Waals surface area contributed by atoms with Crippen LogP contribution in [0.5, 0.6) is 0 Å². The van der Waals surface area contributed by atoms with Crippen LogP contribution in [0.15, 0.2) is 90.7 Å². The summed E-state index contributed by atoms with van der Waals surface area (Å²) in [6.45, 7) is 3.97. The van der Waals surface area contributed by atoms with E-state index in [1.165, 1.54) is 5.56 Å². The van der Waals surface area contributed by atoms with Crippen molar-refractivity contribution in [1.29, 1.82) is 0 Å². The van der Waals surface area contributed by atoms with Crippen LogP contribution in [0.1, 0.15) is 42.6 Å². The van der Waals surface area contributed by atoms with Gasteiger partial charge in [-0.15, -0.1) is 0 Å². The van der Waals surface area contributed by atoms with Gasteiger partial charge in [0.1, 0.15) is 5.76 Å². The quantitative estimate of drug-likeness (QED) is 0.261. The second-order valence-corrected chi connectivity index (χ2v) is 7.30. The molecule has 1 atom stereocenters. The first kappa shape index (κ1) is 23.6. The zero-order chi connectivity index (χ0) is 21.6. The maximum atomic E-state index is 10.8. The molecule has 2 rings (SSSR count). The Kier molecular flexibility index (Phi) is 10.7. The number of hydrogen-bond acceptors (Lipinski definition) is 4. The second-order valence-electron chi connectivity index (χ2n) is 7.30. The zero-order valence-corrected chi connectivity index (χ0v) is 17.7. The van der Waals surface area contributed by atoms with Crippen molar-refractivity contribution >= 4 is 0 Å². The minimum Gasteiger partial charge on any atom is -0.508 e. The molecule has 4 nitrogen and oxygen atoms in total. The van der Waals surface area contributed by atoms with Gasteiger partial charge in [-0.2, -0.15) is 0 Å². The summed E-state index contributed by atoms with van der Waals surface area (Å²) in [5.41, 5.74) is 2.84. The van der Waals surface area contributed by atoms with Gasteiger partial charge in [-0.05, 0) is 55.2 Å². The average molecular weight is 408 g/mol. The first-order chi connectivity index (χ1) is 14.6. The van der Waals surface area contributed by atoms with Crippen LogP contribution in [-0.2, 0) is 13.2 Å². The van der Waals surface area contributed by atoms with E-state index in [2.05, 4.69) is 17.0 Å². The molecule has 0 saturated carbocycles. The summed E-state index contributed by atoms with van der Waals surface area (Å²) in [4.78, 5) is 2.26. The Morgan fingerprint density at radius 2 is 1.83 bits per heavy atom. The van der Waals surface area contributed by atoms with Gasteiger partial charge in [0.25, 0.3) is 0 Å². The number of nitrogens with zero attached hydrogens (tertiary/aromatic N) is 1. The fraction of sp³-hybridized carbons (Fsp3) is 0.308. The number of unbranched alkanes of at least 4 members (excludes halogenated alkanes) is 1. The Balaban J connectivity index is 1.96. The third-order valence-electron chi connectivity index (χ3n) is 4.78. The number of benzene rings is 2. The van der Waals surface area contributed by atoms with Gasteiger partial charge >= 0.3 is 0 Å². The summed E-state index contributed by atoms with van der Waals surface area (Å²) in [6.07, 6.45) is 10.3. The minimum absolute atomic E-state index is 0.0291. The lowest BCUT2D eigenvalue weighted by Crippen LogP contribution is -2.29. The molecule has 0 aromatic heterocycles. The molecule has 160 valence electrons. The SMILES string of the molecule is C\C=C/C(O)=C\C=C\CCCN(Cc1ccccc1)C[C@H](O)c1cccc(CO)c1. The molecule has 2 aromatic carbocycles. The summed E-state index contributed by atoms with van der Waals surface area (Å²) in [7, 11) is 0. The van der Waals surface area contributed by atoms with Crippen molar-refractivity contribution in [1.82, 2.24) is 4.90 Å². The second kappa shape index (κ2) is 13.5. The smallest absolute Gasteiger partial charge is 0.115 e. The fourth-order valence-corrected chi connectivity index (χ4v) is 3.25. The molecule has 0 aliphatic heterocycles. The highest BCUT2D eigenvalue weighted by atomic mass is 16.3. The van der Waals surface area contributed by atoms with Crippen molar-refractivity contribution in [3.05, 3.63) is 107 Å². The number of hydrogen-bond donors (Lipinski definition) is 3. The van der Waals surface area contributed by atoms with E-state index in [9.17, 15) is 15.3 Å². The van der Waals surface area contributed by atoms with Crippen LogP contribution in [0.2, 0.25) is 0 Å².